The largest absolute Gasteiger partial charge is 0.489 e. The van der Waals surface area contributed by atoms with Crippen molar-refractivity contribution in [1.82, 2.24) is 5.32 Å². The average Bonchev–Trinajstić information content (AvgIpc) is 2.44. The zero-order valence-electron chi connectivity index (χ0n) is 14.4. The molecule has 21 heavy (non-hydrogen) atoms. The van der Waals surface area contributed by atoms with Gasteiger partial charge in [0.1, 0.15) is 5.75 Å². The maximum Gasteiger partial charge on any atom is 0.143 e. The van der Waals surface area contributed by atoms with Crippen LogP contribution in [0, 0.1) is 0 Å². The highest BCUT2D eigenvalue weighted by Gasteiger charge is 2.13. The van der Waals surface area contributed by atoms with E-state index in [1.54, 1.807) is 0 Å². The van der Waals surface area contributed by atoms with Crippen LogP contribution in [0.4, 0.5) is 5.69 Å². The van der Waals surface area contributed by atoms with E-state index in [0.717, 1.165) is 44.8 Å². The number of nitrogens with zero attached hydrogens (tertiary/aromatic N) is 1. The summed E-state index contributed by atoms with van der Waals surface area (Å²) in [6, 6.07) is 6.62. The van der Waals surface area contributed by atoms with Crippen LogP contribution in [-0.4, -0.2) is 25.7 Å². The zero-order valence-corrected chi connectivity index (χ0v) is 14.4. The summed E-state index contributed by atoms with van der Waals surface area (Å²) in [7, 11) is 0. The fraction of sp³-hybridized carbons (Fsp3) is 0.667. The van der Waals surface area contributed by atoms with E-state index >= 15 is 0 Å². The predicted molar refractivity (Wildman–Crippen MR) is 92.4 cm³/mol. The Morgan fingerprint density at radius 1 is 1.10 bits per heavy atom. The summed E-state index contributed by atoms with van der Waals surface area (Å²) in [5.41, 5.74) is 2.51. The van der Waals surface area contributed by atoms with E-state index in [1.807, 2.05) is 0 Å². The molecule has 0 atom stereocenters. The van der Waals surface area contributed by atoms with Gasteiger partial charge in [-0.05, 0) is 50.9 Å². The Kier molecular flexibility index (Phi) is 8.21. The van der Waals surface area contributed by atoms with Crippen LogP contribution in [0.15, 0.2) is 18.2 Å². The van der Waals surface area contributed by atoms with Crippen LogP contribution in [0.25, 0.3) is 0 Å². The normalized spacial score (nSPS) is 11.0. The Morgan fingerprint density at radius 2 is 1.76 bits per heavy atom. The van der Waals surface area contributed by atoms with Crippen molar-refractivity contribution in [1.29, 1.82) is 0 Å². The van der Waals surface area contributed by atoms with E-state index in [-0.39, 0.29) is 6.10 Å². The minimum absolute atomic E-state index is 0.197. The number of anilines is 1. The first-order chi connectivity index (χ1) is 10.1. The molecule has 1 N–H and O–H groups in total. The lowest BCUT2D eigenvalue weighted by atomic mass is 10.1. The number of rotatable bonds is 10. The van der Waals surface area contributed by atoms with Crippen LogP contribution in [-0.2, 0) is 6.54 Å². The van der Waals surface area contributed by atoms with Gasteiger partial charge >= 0.3 is 0 Å². The minimum atomic E-state index is 0.197. The van der Waals surface area contributed by atoms with Crippen LogP contribution in [0.1, 0.15) is 53.0 Å². The van der Waals surface area contributed by atoms with Gasteiger partial charge < -0.3 is 15.0 Å². The molecule has 0 spiro atoms. The van der Waals surface area contributed by atoms with E-state index in [4.69, 9.17) is 4.74 Å². The smallest absolute Gasteiger partial charge is 0.143 e. The highest BCUT2D eigenvalue weighted by Crippen LogP contribution is 2.31. The van der Waals surface area contributed by atoms with Crippen molar-refractivity contribution in [2.45, 2.75) is 60.1 Å². The number of hydrogen-bond acceptors (Lipinski definition) is 3. The van der Waals surface area contributed by atoms with Gasteiger partial charge in [0.05, 0.1) is 11.8 Å². The molecule has 0 radical (unpaired) electrons. The lowest BCUT2D eigenvalue weighted by Gasteiger charge is -2.27. The number of nitrogens with one attached hydrogen (secondary N) is 1. The van der Waals surface area contributed by atoms with Gasteiger partial charge in [0.25, 0.3) is 0 Å². The van der Waals surface area contributed by atoms with Crippen molar-refractivity contribution in [3.63, 3.8) is 0 Å². The molecule has 3 nitrogen and oxygen atoms in total. The van der Waals surface area contributed by atoms with E-state index < -0.39 is 0 Å². The summed E-state index contributed by atoms with van der Waals surface area (Å²) in [5, 5.41) is 3.37. The van der Waals surface area contributed by atoms with Crippen molar-refractivity contribution in [3.8, 4) is 5.75 Å². The van der Waals surface area contributed by atoms with Gasteiger partial charge in [0, 0.05) is 19.6 Å². The second-order valence-electron chi connectivity index (χ2n) is 5.74. The van der Waals surface area contributed by atoms with Crippen molar-refractivity contribution in [2.24, 2.45) is 0 Å². The molecule has 0 bridgehead atoms. The quantitative estimate of drug-likeness (QED) is 0.699. The molecular formula is C18H32N2O. The number of hydrogen-bond donors (Lipinski definition) is 1. The SMILES string of the molecule is CCCN(CCC)c1ccc(CNCC)cc1OC(C)C. The molecule has 0 aromatic heterocycles. The van der Waals surface area contributed by atoms with Crippen molar-refractivity contribution >= 4 is 5.69 Å². The Balaban J connectivity index is 3.03. The van der Waals surface area contributed by atoms with Crippen LogP contribution in [0.2, 0.25) is 0 Å². The first kappa shape index (κ1) is 17.8. The van der Waals surface area contributed by atoms with Crippen molar-refractivity contribution in [3.05, 3.63) is 23.8 Å². The lowest BCUT2D eigenvalue weighted by Crippen LogP contribution is -2.26. The highest BCUT2D eigenvalue weighted by molar-refractivity contribution is 5.60. The van der Waals surface area contributed by atoms with E-state index in [0.29, 0.717) is 0 Å². The van der Waals surface area contributed by atoms with E-state index in [2.05, 4.69) is 63.0 Å². The van der Waals surface area contributed by atoms with Crippen LogP contribution < -0.4 is 15.0 Å². The average molecular weight is 292 g/mol. The van der Waals surface area contributed by atoms with Crippen molar-refractivity contribution < 1.29 is 4.74 Å². The van der Waals surface area contributed by atoms with Gasteiger partial charge in [-0.2, -0.15) is 0 Å². The monoisotopic (exact) mass is 292 g/mol. The second kappa shape index (κ2) is 9.67. The highest BCUT2D eigenvalue weighted by atomic mass is 16.5. The molecule has 0 saturated heterocycles. The maximum atomic E-state index is 6.07. The molecule has 1 aromatic carbocycles. The molecule has 0 aliphatic rings. The summed E-state index contributed by atoms with van der Waals surface area (Å²) in [4.78, 5) is 2.44. The molecule has 0 aliphatic heterocycles. The summed E-state index contributed by atoms with van der Waals surface area (Å²) >= 11 is 0. The standard InChI is InChI=1S/C18H32N2O/c1-6-11-20(12-7-2)17-10-9-16(14-19-8-3)13-18(17)21-15(4)5/h9-10,13,15,19H,6-8,11-12,14H2,1-5H3. The molecule has 0 unspecified atom stereocenters. The van der Waals surface area contributed by atoms with Gasteiger partial charge in [-0.3, -0.25) is 0 Å². The topological polar surface area (TPSA) is 24.5 Å². The minimum Gasteiger partial charge on any atom is -0.489 e. The Bertz CT molecular complexity index is 398. The molecule has 3 heteroatoms. The molecule has 120 valence electrons. The summed E-state index contributed by atoms with van der Waals surface area (Å²) in [6.07, 6.45) is 2.50. The van der Waals surface area contributed by atoms with E-state index in [1.165, 1.54) is 11.3 Å². The molecule has 1 aromatic rings. The lowest BCUT2D eigenvalue weighted by molar-refractivity contribution is 0.242. The molecular weight excluding hydrogens is 260 g/mol. The third kappa shape index (κ3) is 5.96. The predicted octanol–water partition coefficient (Wildman–Crippen LogP) is 4.21. The maximum absolute atomic E-state index is 6.07. The second-order valence-corrected chi connectivity index (χ2v) is 5.74. The fourth-order valence-corrected chi connectivity index (χ4v) is 2.44. The third-order valence-corrected chi connectivity index (χ3v) is 3.29. The Morgan fingerprint density at radius 3 is 2.29 bits per heavy atom. The van der Waals surface area contributed by atoms with E-state index in [9.17, 15) is 0 Å². The van der Waals surface area contributed by atoms with Gasteiger partial charge in [-0.1, -0.05) is 26.8 Å². The molecule has 0 aliphatic carbocycles. The molecule has 0 fully saturated rings. The van der Waals surface area contributed by atoms with Crippen LogP contribution in [0.5, 0.6) is 5.75 Å². The first-order valence-corrected chi connectivity index (χ1v) is 8.37. The summed E-state index contributed by atoms with van der Waals surface area (Å²) in [5.74, 6) is 1.02. The van der Waals surface area contributed by atoms with Crippen molar-refractivity contribution in [2.75, 3.05) is 24.5 Å². The molecule has 0 saturated carbocycles. The first-order valence-electron chi connectivity index (χ1n) is 8.37. The van der Waals surface area contributed by atoms with Gasteiger partial charge in [0.15, 0.2) is 0 Å². The van der Waals surface area contributed by atoms with Gasteiger partial charge in [-0.25, -0.2) is 0 Å². The number of ether oxygens (including phenoxy) is 1. The van der Waals surface area contributed by atoms with Crippen LogP contribution in [0.3, 0.4) is 0 Å². The summed E-state index contributed by atoms with van der Waals surface area (Å²) in [6.45, 7) is 14.8. The Labute approximate surface area is 130 Å². The number of benzene rings is 1. The molecule has 1 rings (SSSR count). The van der Waals surface area contributed by atoms with Crippen LogP contribution >= 0.6 is 0 Å². The van der Waals surface area contributed by atoms with Gasteiger partial charge in [-0.15, -0.1) is 0 Å². The summed E-state index contributed by atoms with van der Waals surface area (Å²) < 4.78 is 6.07. The van der Waals surface area contributed by atoms with Gasteiger partial charge in [0.2, 0.25) is 0 Å². The fourth-order valence-electron chi connectivity index (χ4n) is 2.44. The molecule has 0 amide bonds. The Hall–Kier alpha value is -1.22. The zero-order chi connectivity index (χ0) is 15.7. The molecule has 0 heterocycles. The third-order valence-electron chi connectivity index (χ3n) is 3.29.